The Morgan fingerprint density at radius 3 is 2.46 bits per heavy atom. The molecule has 0 amide bonds. The molecule has 0 aromatic heterocycles. The first-order valence-electron chi connectivity index (χ1n) is 9.00. The van der Waals surface area contributed by atoms with E-state index in [1.807, 2.05) is 50.5 Å². The summed E-state index contributed by atoms with van der Waals surface area (Å²) in [5, 5.41) is 19.5. The van der Waals surface area contributed by atoms with Crippen LogP contribution in [0.3, 0.4) is 0 Å². The number of hydrogen-bond acceptors (Lipinski definition) is 3. The largest absolute Gasteiger partial charge is 1.00 e. The van der Waals surface area contributed by atoms with Gasteiger partial charge in [0.05, 0.1) is 14.1 Å². The minimum atomic E-state index is -0.455. The quantitative estimate of drug-likeness (QED) is 0.457. The Labute approximate surface area is 162 Å². The van der Waals surface area contributed by atoms with E-state index in [0.29, 0.717) is 18.9 Å². The lowest BCUT2D eigenvalue weighted by molar-refractivity contribution is -0.861. The van der Waals surface area contributed by atoms with Crippen LogP contribution in [0, 0.1) is 0 Å². The second kappa shape index (κ2) is 11.8. The normalized spacial score (nSPS) is 11.8. The summed E-state index contributed by atoms with van der Waals surface area (Å²) in [6.07, 6.45) is 3.57. The van der Waals surface area contributed by atoms with E-state index in [0.717, 1.165) is 31.4 Å². The molecule has 4 nitrogen and oxygen atoms in total. The van der Waals surface area contributed by atoms with Crippen molar-refractivity contribution in [2.75, 3.05) is 27.2 Å². The standard InChI is InChI=1S/C21H29NO3.ClH/c1-22(2)15-20(24)16-25-21-13-6-5-11-18(21)10-4-3-8-17-9-7-12-19(23)14-17;/h5-7,9,11-14,20,23-24H,3-4,8,10,15-16H2,1-2H3;1H. The number of unbranched alkanes of at least 4 members (excludes halogenated alkanes) is 1. The number of aliphatic hydroxyl groups excluding tert-OH is 1. The third-order valence-corrected chi connectivity index (χ3v) is 4.12. The molecule has 0 aliphatic carbocycles. The minimum Gasteiger partial charge on any atom is -1.00 e. The summed E-state index contributed by atoms with van der Waals surface area (Å²) in [7, 11) is 4.04. The van der Waals surface area contributed by atoms with E-state index in [2.05, 4.69) is 6.07 Å². The number of halogens is 1. The molecule has 0 saturated heterocycles. The molecule has 5 heteroatoms. The first kappa shape index (κ1) is 22.3. The molecule has 2 aromatic carbocycles. The Morgan fingerprint density at radius 1 is 1.00 bits per heavy atom. The molecule has 3 N–H and O–H groups in total. The average molecular weight is 380 g/mol. The van der Waals surface area contributed by atoms with Gasteiger partial charge in [0.25, 0.3) is 0 Å². The summed E-state index contributed by atoms with van der Waals surface area (Å²) < 4.78 is 5.83. The molecule has 0 heterocycles. The van der Waals surface area contributed by atoms with Crippen LogP contribution < -0.4 is 22.0 Å². The van der Waals surface area contributed by atoms with Gasteiger partial charge in [-0.3, -0.25) is 0 Å². The number of likely N-dealkylation sites (N-methyl/N-ethyl adjacent to an activating group) is 1. The first-order chi connectivity index (χ1) is 12.0. The highest BCUT2D eigenvalue weighted by molar-refractivity contribution is 5.33. The number of phenols is 1. The molecular weight excluding hydrogens is 350 g/mol. The van der Waals surface area contributed by atoms with E-state index >= 15 is 0 Å². The zero-order chi connectivity index (χ0) is 18.1. The molecule has 2 aromatic rings. The van der Waals surface area contributed by atoms with Crippen LogP contribution in [0.5, 0.6) is 11.5 Å². The Hall–Kier alpha value is -1.75. The van der Waals surface area contributed by atoms with Crippen molar-refractivity contribution in [3.63, 3.8) is 0 Å². The number of ether oxygens (including phenoxy) is 1. The van der Waals surface area contributed by atoms with Gasteiger partial charge in [0.15, 0.2) is 0 Å². The number of para-hydroxylation sites is 1. The van der Waals surface area contributed by atoms with Gasteiger partial charge in [0.1, 0.15) is 30.8 Å². The molecule has 0 saturated carbocycles. The van der Waals surface area contributed by atoms with E-state index in [9.17, 15) is 10.2 Å². The summed E-state index contributed by atoms with van der Waals surface area (Å²) in [4.78, 5) is 1.20. The van der Waals surface area contributed by atoms with Crippen molar-refractivity contribution in [2.45, 2.75) is 31.8 Å². The summed E-state index contributed by atoms with van der Waals surface area (Å²) in [5.74, 6) is 1.20. The number of hydrogen-bond donors (Lipinski definition) is 3. The van der Waals surface area contributed by atoms with Gasteiger partial charge in [-0.1, -0.05) is 30.3 Å². The van der Waals surface area contributed by atoms with Crippen molar-refractivity contribution in [2.24, 2.45) is 0 Å². The lowest BCUT2D eigenvalue weighted by Crippen LogP contribution is -3.07. The predicted molar refractivity (Wildman–Crippen MR) is 100 cm³/mol. The molecule has 0 fully saturated rings. The van der Waals surface area contributed by atoms with E-state index in [-0.39, 0.29) is 12.4 Å². The number of aromatic hydroxyl groups is 1. The van der Waals surface area contributed by atoms with Gasteiger partial charge in [-0.15, -0.1) is 0 Å². The van der Waals surface area contributed by atoms with Crippen LogP contribution in [0.15, 0.2) is 48.5 Å². The van der Waals surface area contributed by atoms with Crippen molar-refractivity contribution in [1.29, 1.82) is 0 Å². The lowest BCUT2D eigenvalue weighted by Gasteiger charge is -2.16. The fraction of sp³-hybridized carbons (Fsp3) is 0.429. The van der Waals surface area contributed by atoms with Crippen molar-refractivity contribution in [1.82, 2.24) is 0 Å². The summed E-state index contributed by atoms with van der Waals surface area (Å²) >= 11 is 0. The summed E-state index contributed by atoms with van der Waals surface area (Å²) in [5.41, 5.74) is 2.35. The van der Waals surface area contributed by atoms with Crippen molar-refractivity contribution in [3.05, 3.63) is 59.7 Å². The molecule has 0 spiro atoms. The van der Waals surface area contributed by atoms with Crippen LogP contribution >= 0.6 is 0 Å². The number of quaternary nitrogens is 1. The van der Waals surface area contributed by atoms with E-state index in [4.69, 9.17) is 4.74 Å². The van der Waals surface area contributed by atoms with E-state index in [1.54, 1.807) is 6.07 Å². The molecule has 0 bridgehead atoms. The van der Waals surface area contributed by atoms with Crippen LogP contribution in [-0.4, -0.2) is 43.6 Å². The van der Waals surface area contributed by atoms with Crippen LogP contribution in [0.25, 0.3) is 0 Å². The van der Waals surface area contributed by atoms with E-state index in [1.165, 1.54) is 16.0 Å². The Bertz CT molecular complexity index is 649. The smallest absolute Gasteiger partial charge is 0.137 e. The van der Waals surface area contributed by atoms with Crippen LogP contribution in [0.2, 0.25) is 0 Å². The van der Waals surface area contributed by atoms with E-state index < -0.39 is 6.10 Å². The molecule has 2 rings (SSSR count). The van der Waals surface area contributed by atoms with Gasteiger partial charge in [-0.2, -0.15) is 0 Å². The minimum absolute atomic E-state index is 0. The highest BCUT2D eigenvalue weighted by Crippen LogP contribution is 2.21. The maximum atomic E-state index is 9.97. The lowest BCUT2D eigenvalue weighted by atomic mass is 10.0. The van der Waals surface area contributed by atoms with Gasteiger partial charge in [0.2, 0.25) is 0 Å². The third kappa shape index (κ3) is 8.09. The molecular formula is C21H30ClNO3. The Balaban J connectivity index is 0.00000338. The monoisotopic (exact) mass is 379 g/mol. The van der Waals surface area contributed by atoms with Gasteiger partial charge < -0.3 is 32.3 Å². The number of rotatable bonds is 10. The predicted octanol–water partition coefficient (Wildman–Crippen LogP) is -1.15. The molecule has 1 unspecified atom stereocenters. The molecule has 0 aliphatic heterocycles. The third-order valence-electron chi connectivity index (χ3n) is 4.12. The number of nitrogens with one attached hydrogen (secondary N) is 1. The van der Waals surface area contributed by atoms with Crippen LogP contribution in [0.4, 0.5) is 0 Å². The highest BCUT2D eigenvalue weighted by atomic mass is 35.5. The Morgan fingerprint density at radius 2 is 1.73 bits per heavy atom. The first-order valence-corrected chi connectivity index (χ1v) is 9.00. The van der Waals surface area contributed by atoms with Gasteiger partial charge in [-0.25, -0.2) is 0 Å². The molecule has 26 heavy (non-hydrogen) atoms. The number of benzene rings is 2. The summed E-state index contributed by atoms with van der Waals surface area (Å²) in [6.45, 7) is 0.998. The molecule has 0 aliphatic rings. The second-order valence-electron chi connectivity index (χ2n) is 6.86. The zero-order valence-corrected chi connectivity index (χ0v) is 16.4. The fourth-order valence-electron chi connectivity index (χ4n) is 2.92. The Kier molecular flexibility index (Phi) is 10.1. The second-order valence-corrected chi connectivity index (χ2v) is 6.86. The van der Waals surface area contributed by atoms with Crippen molar-refractivity contribution >= 4 is 0 Å². The number of aryl methyl sites for hydroxylation is 2. The zero-order valence-electron chi connectivity index (χ0n) is 15.6. The van der Waals surface area contributed by atoms with Crippen LogP contribution in [-0.2, 0) is 12.8 Å². The SMILES string of the molecule is C[NH+](C)CC(O)COc1ccccc1CCCCc1cccc(O)c1.[Cl-]. The van der Waals surface area contributed by atoms with Crippen molar-refractivity contribution in [3.8, 4) is 11.5 Å². The topological polar surface area (TPSA) is 54.1 Å². The van der Waals surface area contributed by atoms with Gasteiger partial charge in [-0.05, 0) is 55.0 Å². The molecule has 1 atom stereocenters. The fourth-order valence-corrected chi connectivity index (χ4v) is 2.92. The summed E-state index contributed by atoms with van der Waals surface area (Å²) in [6, 6.07) is 15.5. The maximum Gasteiger partial charge on any atom is 0.137 e. The van der Waals surface area contributed by atoms with Gasteiger partial charge in [0, 0.05) is 0 Å². The van der Waals surface area contributed by atoms with Crippen molar-refractivity contribution < 1.29 is 32.3 Å². The average Bonchev–Trinajstić information content (AvgIpc) is 2.57. The van der Waals surface area contributed by atoms with Crippen LogP contribution in [0.1, 0.15) is 24.0 Å². The number of phenolic OH excluding ortho intramolecular Hbond substituents is 1. The molecule has 144 valence electrons. The number of aliphatic hydroxyl groups is 1. The molecule has 0 radical (unpaired) electrons. The highest BCUT2D eigenvalue weighted by Gasteiger charge is 2.10. The van der Waals surface area contributed by atoms with Gasteiger partial charge >= 0.3 is 0 Å². The maximum absolute atomic E-state index is 9.97.